The van der Waals surface area contributed by atoms with Crippen molar-refractivity contribution in [2.24, 2.45) is 5.92 Å². The van der Waals surface area contributed by atoms with Crippen molar-refractivity contribution in [1.82, 2.24) is 4.98 Å². The monoisotopic (exact) mass is 555 g/mol. The van der Waals surface area contributed by atoms with Gasteiger partial charge in [-0.3, -0.25) is 0 Å². The number of ether oxygens (including phenoxy) is 3. The number of rotatable bonds is 21. The Kier molecular flexibility index (Phi) is 14.8. The summed E-state index contributed by atoms with van der Waals surface area (Å²) in [6.07, 6.45) is 15.8. The fraction of sp³-hybridized carbons (Fsp3) is 0.667. The Hall–Kier alpha value is -2.05. The van der Waals surface area contributed by atoms with Crippen LogP contribution in [0.3, 0.4) is 0 Å². The first-order chi connectivity index (χ1) is 19.1. The standard InChI is InChI=1S/C33H53NO4Si/c1-5-7-9-13-23-35-24-14-11-17-33-36-30-21-19-28(25-31(30)37-33)29(26(3)15-8-6-2)20-18-27(4)39-38-32-16-10-12-22-34-32/h10,12,16,19,21-22,25-27,29,33H,5-9,11,13-15,17-18,20,23-24,39H2,1-4H3. The van der Waals surface area contributed by atoms with E-state index in [0.717, 1.165) is 49.9 Å². The molecule has 1 aromatic carbocycles. The summed E-state index contributed by atoms with van der Waals surface area (Å²) in [6, 6.07) is 12.5. The molecule has 4 atom stereocenters. The van der Waals surface area contributed by atoms with Crippen molar-refractivity contribution < 1.29 is 18.6 Å². The van der Waals surface area contributed by atoms with Crippen LogP contribution < -0.4 is 13.9 Å². The van der Waals surface area contributed by atoms with Gasteiger partial charge in [0.15, 0.2) is 17.4 Å². The summed E-state index contributed by atoms with van der Waals surface area (Å²) in [5, 5.41) is 0. The van der Waals surface area contributed by atoms with Crippen LogP contribution >= 0.6 is 0 Å². The second-order valence-corrected chi connectivity index (χ2v) is 13.4. The molecule has 0 amide bonds. The van der Waals surface area contributed by atoms with Crippen LogP contribution in [-0.4, -0.2) is 34.3 Å². The van der Waals surface area contributed by atoms with E-state index < -0.39 is 9.76 Å². The summed E-state index contributed by atoms with van der Waals surface area (Å²) in [6.45, 7) is 11.0. The molecule has 2 heterocycles. The van der Waals surface area contributed by atoms with E-state index in [-0.39, 0.29) is 6.29 Å². The van der Waals surface area contributed by atoms with E-state index in [4.69, 9.17) is 18.6 Å². The molecule has 0 fully saturated rings. The number of unbranched alkanes of at least 4 members (excludes halogenated alkanes) is 5. The number of fused-ring (bicyclic) bond motifs is 1. The maximum absolute atomic E-state index is 6.26. The molecule has 1 aromatic heterocycles. The van der Waals surface area contributed by atoms with Gasteiger partial charge in [0.1, 0.15) is 0 Å². The molecule has 2 aromatic rings. The van der Waals surface area contributed by atoms with Gasteiger partial charge in [-0.2, -0.15) is 0 Å². The van der Waals surface area contributed by atoms with Crippen LogP contribution in [0.5, 0.6) is 17.4 Å². The lowest BCUT2D eigenvalue weighted by atomic mass is 9.81. The Balaban J connectivity index is 1.47. The topological polar surface area (TPSA) is 49.8 Å². The highest BCUT2D eigenvalue weighted by molar-refractivity contribution is 6.30. The normalized spacial score (nSPS) is 17.0. The molecule has 0 N–H and O–H groups in total. The molecule has 0 saturated carbocycles. The molecule has 4 unspecified atom stereocenters. The largest absolute Gasteiger partial charge is 0.536 e. The maximum atomic E-state index is 6.26. The van der Waals surface area contributed by atoms with E-state index in [1.165, 1.54) is 63.4 Å². The van der Waals surface area contributed by atoms with Crippen molar-refractivity contribution in [2.75, 3.05) is 13.2 Å². The van der Waals surface area contributed by atoms with Gasteiger partial charge in [0.25, 0.3) is 0 Å². The number of benzene rings is 1. The molecule has 0 aliphatic carbocycles. The lowest BCUT2D eigenvalue weighted by molar-refractivity contribution is 0.0366. The van der Waals surface area contributed by atoms with Gasteiger partial charge in [-0.1, -0.05) is 78.4 Å². The Morgan fingerprint density at radius 1 is 0.846 bits per heavy atom. The van der Waals surface area contributed by atoms with E-state index in [9.17, 15) is 0 Å². The first kappa shape index (κ1) is 31.5. The van der Waals surface area contributed by atoms with Crippen molar-refractivity contribution in [3.05, 3.63) is 48.2 Å². The van der Waals surface area contributed by atoms with Gasteiger partial charge in [0.2, 0.25) is 16.1 Å². The number of pyridine rings is 1. The summed E-state index contributed by atoms with van der Waals surface area (Å²) < 4.78 is 24.2. The minimum atomic E-state index is -0.677. The first-order valence-electron chi connectivity index (χ1n) is 15.7. The quantitative estimate of drug-likeness (QED) is 0.114. The number of hydrogen-bond donors (Lipinski definition) is 0. The molecule has 0 saturated heterocycles. The molecule has 1 aliphatic heterocycles. The third kappa shape index (κ3) is 11.5. The SMILES string of the molecule is CCCCCCOCCCCC1Oc2ccc(C(CCC(C)[SiH2]Oc3ccccn3)C(C)CCCC)cc2O1. The van der Waals surface area contributed by atoms with Crippen molar-refractivity contribution in [3.8, 4) is 17.4 Å². The summed E-state index contributed by atoms with van der Waals surface area (Å²) in [5.74, 6) is 3.72. The Morgan fingerprint density at radius 2 is 1.64 bits per heavy atom. The zero-order valence-electron chi connectivity index (χ0n) is 25.0. The van der Waals surface area contributed by atoms with Crippen LogP contribution in [-0.2, 0) is 4.74 Å². The Bertz CT molecular complexity index is 912. The van der Waals surface area contributed by atoms with Gasteiger partial charge in [-0.05, 0) is 79.3 Å². The van der Waals surface area contributed by atoms with Gasteiger partial charge in [0, 0.05) is 25.8 Å². The number of aromatic nitrogens is 1. The molecule has 0 radical (unpaired) electrons. The van der Waals surface area contributed by atoms with Gasteiger partial charge in [-0.25, -0.2) is 4.98 Å². The number of nitrogens with zero attached hydrogens (tertiary/aromatic N) is 1. The Labute approximate surface area is 240 Å². The average Bonchev–Trinajstić information content (AvgIpc) is 3.37. The zero-order valence-corrected chi connectivity index (χ0v) is 26.5. The van der Waals surface area contributed by atoms with Crippen LogP contribution in [0.1, 0.15) is 116 Å². The summed E-state index contributed by atoms with van der Waals surface area (Å²) in [5.41, 5.74) is 1.99. The van der Waals surface area contributed by atoms with Gasteiger partial charge in [-0.15, -0.1) is 0 Å². The smallest absolute Gasteiger partial charge is 0.241 e. The van der Waals surface area contributed by atoms with Crippen LogP contribution in [0.2, 0.25) is 5.54 Å². The molecule has 5 nitrogen and oxygen atoms in total. The van der Waals surface area contributed by atoms with Crippen LogP contribution in [0.15, 0.2) is 42.6 Å². The van der Waals surface area contributed by atoms with Gasteiger partial charge in [0.05, 0.1) is 0 Å². The molecule has 218 valence electrons. The molecular weight excluding hydrogens is 502 g/mol. The fourth-order valence-corrected chi connectivity index (χ4v) is 6.36. The van der Waals surface area contributed by atoms with Crippen molar-refractivity contribution in [3.63, 3.8) is 0 Å². The van der Waals surface area contributed by atoms with Gasteiger partial charge < -0.3 is 18.6 Å². The van der Waals surface area contributed by atoms with Crippen molar-refractivity contribution >= 4 is 9.76 Å². The van der Waals surface area contributed by atoms with Gasteiger partial charge >= 0.3 is 0 Å². The lowest BCUT2D eigenvalue weighted by Gasteiger charge is -2.26. The van der Waals surface area contributed by atoms with Crippen LogP contribution in [0.25, 0.3) is 0 Å². The fourth-order valence-electron chi connectivity index (χ4n) is 5.33. The third-order valence-electron chi connectivity index (χ3n) is 7.86. The van der Waals surface area contributed by atoms with E-state index >= 15 is 0 Å². The van der Waals surface area contributed by atoms with E-state index in [1.54, 1.807) is 6.20 Å². The molecular formula is C33H53NO4Si. The molecule has 3 rings (SSSR count). The molecule has 39 heavy (non-hydrogen) atoms. The highest BCUT2D eigenvalue weighted by Crippen LogP contribution is 2.42. The number of hydrogen-bond acceptors (Lipinski definition) is 5. The van der Waals surface area contributed by atoms with Crippen LogP contribution in [0, 0.1) is 5.92 Å². The predicted molar refractivity (Wildman–Crippen MR) is 164 cm³/mol. The highest BCUT2D eigenvalue weighted by atomic mass is 28.2. The molecule has 6 heteroatoms. The predicted octanol–water partition coefficient (Wildman–Crippen LogP) is 8.61. The average molecular weight is 556 g/mol. The molecule has 0 bridgehead atoms. The second kappa shape index (κ2) is 18.3. The van der Waals surface area contributed by atoms with E-state index in [0.29, 0.717) is 17.4 Å². The Morgan fingerprint density at radius 3 is 2.41 bits per heavy atom. The highest BCUT2D eigenvalue weighted by Gasteiger charge is 2.27. The maximum Gasteiger partial charge on any atom is 0.241 e. The van der Waals surface area contributed by atoms with E-state index in [1.807, 2.05) is 18.2 Å². The lowest BCUT2D eigenvalue weighted by Crippen LogP contribution is -2.17. The van der Waals surface area contributed by atoms with Crippen LogP contribution in [0.4, 0.5) is 0 Å². The van der Waals surface area contributed by atoms with E-state index in [2.05, 4.69) is 50.9 Å². The third-order valence-corrected chi connectivity index (χ3v) is 9.30. The molecule has 1 aliphatic rings. The second-order valence-electron chi connectivity index (χ2n) is 11.4. The summed E-state index contributed by atoms with van der Waals surface area (Å²) in [4.78, 5) is 4.32. The zero-order chi connectivity index (χ0) is 27.7. The van der Waals surface area contributed by atoms with Crippen molar-refractivity contribution in [1.29, 1.82) is 0 Å². The summed E-state index contributed by atoms with van der Waals surface area (Å²) >= 11 is 0. The minimum Gasteiger partial charge on any atom is -0.536 e. The van der Waals surface area contributed by atoms with Crippen molar-refractivity contribution in [2.45, 2.75) is 122 Å². The minimum absolute atomic E-state index is 0.175. The molecule has 0 spiro atoms. The summed E-state index contributed by atoms with van der Waals surface area (Å²) in [7, 11) is -0.677. The first-order valence-corrected chi connectivity index (χ1v) is 17.1.